The van der Waals surface area contributed by atoms with Crippen LogP contribution in [0.4, 0.5) is 10.1 Å². The number of nitrogens with zero attached hydrogens (tertiary/aromatic N) is 1. The van der Waals surface area contributed by atoms with Gasteiger partial charge in [-0.15, -0.1) is 0 Å². The van der Waals surface area contributed by atoms with E-state index in [4.69, 9.17) is 0 Å². The van der Waals surface area contributed by atoms with Crippen molar-refractivity contribution >= 4 is 33.6 Å². The number of hydrogen-bond donors (Lipinski definition) is 0. The molecule has 0 amide bonds. The second kappa shape index (κ2) is 6.13. The first-order valence-corrected chi connectivity index (χ1v) is 9.17. The van der Waals surface area contributed by atoms with E-state index in [1.54, 1.807) is 23.6 Å². The summed E-state index contributed by atoms with van der Waals surface area (Å²) in [6.07, 6.45) is 0.565. The van der Waals surface area contributed by atoms with Crippen LogP contribution in [0.15, 0.2) is 18.2 Å². The summed E-state index contributed by atoms with van der Waals surface area (Å²) >= 11 is 1.58. The van der Waals surface area contributed by atoms with Gasteiger partial charge in [-0.2, -0.15) is 11.8 Å². The van der Waals surface area contributed by atoms with Gasteiger partial charge in [0, 0.05) is 35.1 Å². The van der Waals surface area contributed by atoms with Crippen LogP contribution in [0, 0.1) is 5.82 Å². The minimum Gasteiger partial charge on any atom is -0.353 e. The molecule has 0 bridgehead atoms. The van der Waals surface area contributed by atoms with Crippen molar-refractivity contribution in [3.05, 3.63) is 29.6 Å². The monoisotopic (exact) mass is 317 g/mol. The van der Waals surface area contributed by atoms with E-state index in [0.29, 0.717) is 24.3 Å². The highest BCUT2D eigenvalue weighted by atomic mass is 32.2. The number of carbonyl (C=O) groups excluding carboxylic acids is 1. The van der Waals surface area contributed by atoms with Crippen LogP contribution < -0.4 is 4.90 Å². The van der Waals surface area contributed by atoms with Gasteiger partial charge in [-0.25, -0.2) is 12.8 Å². The lowest BCUT2D eigenvalue weighted by Gasteiger charge is -2.37. The predicted molar refractivity (Wildman–Crippen MR) is 79.7 cm³/mol. The average Bonchev–Trinajstić information content (AvgIpc) is 2.47. The van der Waals surface area contributed by atoms with Crippen LogP contribution in [0.25, 0.3) is 0 Å². The Bertz CT molecular complexity index is 604. The van der Waals surface area contributed by atoms with Crippen molar-refractivity contribution in [1.82, 2.24) is 0 Å². The maximum absolute atomic E-state index is 13.2. The van der Waals surface area contributed by atoms with E-state index in [1.165, 1.54) is 12.1 Å². The molecule has 2 rings (SSSR count). The van der Waals surface area contributed by atoms with E-state index >= 15 is 0 Å². The maximum Gasteiger partial charge on any atom is 0.171 e. The summed E-state index contributed by atoms with van der Waals surface area (Å²) in [5, 5.41) is -0.657. The molecule has 0 aromatic heterocycles. The zero-order chi connectivity index (χ0) is 14.8. The molecule has 1 aliphatic heterocycles. The van der Waals surface area contributed by atoms with Gasteiger partial charge in [0.25, 0.3) is 0 Å². The van der Waals surface area contributed by atoms with Crippen LogP contribution in [0.3, 0.4) is 0 Å². The molecule has 4 nitrogen and oxygen atoms in total. The zero-order valence-corrected chi connectivity index (χ0v) is 12.7. The summed E-state index contributed by atoms with van der Waals surface area (Å²) in [6.45, 7) is 2.14. The molecule has 1 aromatic carbocycles. The number of carbonyl (C=O) groups is 1. The first-order valence-electron chi connectivity index (χ1n) is 6.30. The Kier molecular flexibility index (Phi) is 4.70. The fourth-order valence-corrected chi connectivity index (χ4v) is 5.21. The number of hydrogen-bond acceptors (Lipinski definition) is 5. The molecular formula is C13H16FNO3S2. The van der Waals surface area contributed by atoms with Gasteiger partial charge in [-0.05, 0) is 18.2 Å². The number of halogens is 1. The number of rotatable bonds is 4. The molecule has 0 radical (unpaired) electrons. The van der Waals surface area contributed by atoms with Gasteiger partial charge >= 0.3 is 0 Å². The summed E-state index contributed by atoms with van der Waals surface area (Å²) in [5.41, 5.74) is 0.678. The van der Waals surface area contributed by atoms with Crippen molar-refractivity contribution in [2.45, 2.75) is 12.3 Å². The van der Waals surface area contributed by atoms with Crippen LogP contribution in [-0.2, 0) is 9.84 Å². The standard InChI is InChI=1S/C13H16FNO3S2/c1-2-20(17,18)13-9-19-6-5-15(13)12-4-3-11(14)7-10(12)8-16/h3-4,7-8,13H,2,5-6,9H2,1H3. The van der Waals surface area contributed by atoms with Crippen molar-refractivity contribution in [3.8, 4) is 0 Å². The second-order valence-electron chi connectivity index (χ2n) is 4.50. The number of thioether (sulfide) groups is 1. The van der Waals surface area contributed by atoms with Crippen LogP contribution in [0.2, 0.25) is 0 Å². The normalized spacial score (nSPS) is 19.9. The molecule has 110 valence electrons. The molecule has 1 heterocycles. The summed E-state index contributed by atoms with van der Waals surface area (Å²) in [5.74, 6) is 0.793. The topological polar surface area (TPSA) is 54.5 Å². The number of sulfone groups is 1. The van der Waals surface area contributed by atoms with E-state index in [1.807, 2.05) is 0 Å². The van der Waals surface area contributed by atoms with Gasteiger partial charge in [-0.3, -0.25) is 4.79 Å². The Hall–Kier alpha value is -1.08. The van der Waals surface area contributed by atoms with Crippen molar-refractivity contribution in [2.75, 3.05) is 28.7 Å². The SMILES string of the molecule is CCS(=O)(=O)C1CSCCN1c1ccc(F)cc1C=O. The van der Waals surface area contributed by atoms with E-state index in [9.17, 15) is 17.6 Å². The van der Waals surface area contributed by atoms with Crippen LogP contribution in [0.5, 0.6) is 0 Å². The molecule has 0 spiro atoms. The minimum atomic E-state index is -3.26. The zero-order valence-electron chi connectivity index (χ0n) is 11.1. The first-order chi connectivity index (χ1) is 9.49. The Labute approximate surface area is 122 Å². The summed E-state index contributed by atoms with van der Waals surface area (Å²) < 4.78 is 37.6. The minimum absolute atomic E-state index is 0.0480. The molecule has 0 saturated carbocycles. The fourth-order valence-electron chi connectivity index (χ4n) is 2.23. The van der Waals surface area contributed by atoms with Gasteiger partial charge in [0.2, 0.25) is 0 Å². The first kappa shape index (κ1) is 15.3. The summed E-state index contributed by atoms with van der Waals surface area (Å²) in [6, 6.07) is 3.87. The molecule has 1 saturated heterocycles. The van der Waals surface area contributed by atoms with Crippen molar-refractivity contribution in [3.63, 3.8) is 0 Å². The summed E-state index contributed by atoms with van der Waals surface area (Å²) in [7, 11) is -3.26. The molecule has 1 aliphatic rings. The van der Waals surface area contributed by atoms with E-state index < -0.39 is 21.0 Å². The van der Waals surface area contributed by atoms with E-state index in [-0.39, 0.29) is 11.3 Å². The van der Waals surface area contributed by atoms with Gasteiger partial charge in [0.1, 0.15) is 11.2 Å². The third-order valence-corrected chi connectivity index (χ3v) is 6.62. The maximum atomic E-state index is 13.2. The molecule has 0 N–H and O–H groups in total. The highest BCUT2D eigenvalue weighted by Gasteiger charge is 2.33. The fraction of sp³-hybridized carbons (Fsp3) is 0.462. The highest BCUT2D eigenvalue weighted by molar-refractivity contribution is 8.01. The average molecular weight is 317 g/mol. The Morgan fingerprint density at radius 2 is 2.25 bits per heavy atom. The quantitative estimate of drug-likeness (QED) is 0.795. The lowest BCUT2D eigenvalue weighted by Crippen LogP contribution is -2.48. The molecule has 0 aliphatic carbocycles. The van der Waals surface area contributed by atoms with Crippen molar-refractivity contribution in [1.29, 1.82) is 0 Å². The van der Waals surface area contributed by atoms with Crippen molar-refractivity contribution in [2.24, 2.45) is 0 Å². The lowest BCUT2D eigenvalue weighted by molar-refractivity contribution is 0.112. The van der Waals surface area contributed by atoms with Crippen LogP contribution in [-0.4, -0.2) is 43.9 Å². The molecule has 1 atom stereocenters. The molecule has 1 fully saturated rings. The number of anilines is 1. The van der Waals surface area contributed by atoms with E-state index in [2.05, 4.69) is 0 Å². The van der Waals surface area contributed by atoms with Crippen molar-refractivity contribution < 1.29 is 17.6 Å². The Balaban J connectivity index is 2.45. The Morgan fingerprint density at radius 3 is 2.90 bits per heavy atom. The van der Waals surface area contributed by atoms with Gasteiger partial charge < -0.3 is 4.90 Å². The lowest BCUT2D eigenvalue weighted by atomic mass is 10.1. The second-order valence-corrected chi connectivity index (χ2v) is 8.09. The number of aldehydes is 1. The smallest absolute Gasteiger partial charge is 0.171 e. The predicted octanol–water partition coefficient (Wildman–Crippen LogP) is 1.95. The van der Waals surface area contributed by atoms with Crippen LogP contribution in [0.1, 0.15) is 17.3 Å². The van der Waals surface area contributed by atoms with Gasteiger partial charge in [-0.1, -0.05) is 6.92 Å². The molecule has 7 heteroatoms. The summed E-state index contributed by atoms with van der Waals surface area (Å²) in [4.78, 5) is 12.8. The molecule has 1 aromatic rings. The van der Waals surface area contributed by atoms with Gasteiger partial charge in [0.05, 0.1) is 0 Å². The largest absolute Gasteiger partial charge is 0.353 e. The molecule has 1 unspecified atom stereocenters. The van der Waals surface area contributed by atoms with Gasteiger partial charge in [0.15, 0.2) is 16.1 Å². The third kappa shape index (κ3) is 2.98. The highest BCUT2D eigenvalue weighted by Crippen LogP contribution is 2.29. The van der Waals surface area contributed by atoms with E-state index in [0.717, 1.165) is 11.8 Å². The third-order valence-electron chi connectivity index (χ3n) is 3.33. The molecule has 20 heavy (non-hydrogen) atoms. The number of benzene rings is 1. The molecular weight excluding hydrogens is 301 g/mol. The Morgan fingerprint density at radius 1 is 1.50 bits per heavy atom. The van der Waals surface area contributed by atoms with Crippen LogP contribution >= 0.6 is 11.8 Å².